The molecule has 0 bridgehead atoms. The zero-order valence-electron chi connectivity index (χ0n) is 14.6. The summed E-state index contributed by atoms with van der Waals surface area (Å²) < 4.78 is 10.7. The summed E-state index contributed by atoms with van der Waals surface area (Å²) in [5.74, 6) is 1.59. The van der Waals surface area contributed by atoms with Gasteiger partial charge in [0.25, 0.3) is 0 Å². The van der Waals surface area contributed by atoms with Crippen molar-refractivity contribution in [2.45, 2.75) is 6.92 Å². The van der Waals surface area contributed by atoms with Gasteiger partial charge in [-0.1, -0.05) is 12.1 Å². The summed E-state index contributed by atoms with van der Waals surface area (Å²) in [5.41, 5.74) is 3.27. The van der Waals surface area contributed by atoms with Gasteiger partial charge in [-0.15, -0.1) is 11.3 Å². The molecule has 0 amide bonds. The van der Waals surface area contributed by atoms with E-state index in [1.165, 1.54) is 11.3 Å². The second kappa shape index (κ2) is 8.32. The molecule has 0 fully saturated rings. The first kappa shape index (κ1) is 17.7. The average Bonchev–Trinajstić information content (AvgIpc) is 3.17. The number of methoxy groups -OCH3 is 1. The number of hydrogen-bond donors (Lipinski definition) is 0. The van der Waals surface area contributed by atoms with Crippen LogP contribution in [-0.4, -0.2) is 18.7 Å². The van der Waals surface area contributed by atoms with E-state index in [1.807, 2.05) is 66.9 Å². The maximum absolute atomic E-state index is 9.54. The molecule has 130 valence electrons. The summed E-state index contributed by atoms with van der Waals surface area (Å²) in [7, 11) is 1.62. The standard InChI is InChI=1S/C21H18N2O2S/c1-3-25-18-9-7-16(8-10-18)20-14-26-21(23-20)17(13-22)11-15-5-4-6-19(12-15)24-2/h4-12,14H,3H2,1-2H3/b17-11-. The van der Waals surface area contributed by atoms with Crippen molar-refractivity contribution in [1.29, 1.82) is 5.26 Å². The number of aromatic nitrogens is 1. The molecular weight excluding hydrogens is 344 g/mol. The highest BCUT2D eigenvalue weighted by Gasteiger charge is 2.09. The van der Waals surface area contributed by atoms with Gasteiger partial charge in [-0.25, -0.2) is 4.98 Å². The lowest BCUT2D eigenvalue weighted by molar-refractivity contribution is 0.340. The molecular formula is C21H18N2O2S. The monoisotopic (exact) mass is 362 g/mol. The third kappa shape index (κ3) is 4.11. The molecule has 0 saturated heterocycles. The molecule has 0 aliphatic carbocycles. The van der Waals surface area contributed by atoms with Gasteiger partial charge >= 0.3 is 0 Å². The highest BCUT2D eigenvalue weighted by molar-refractivity contribution is 7.11. The minimum atomic E-state index is 0.528. The molecule has 0 aliphatic rings. The van der Waals surface area contributed by atoms with Crippen molar-refractivity contribution in [3.05, 3.63) is 64.5 Å². The van der Waals surface area contributed by atoms with Gasteiger partial charge in [-0.2, -0.15) is 5.26 Å². The second-order valence-corrected chi connectivity index (χ2v) is 6.30. The van der Waals surface area contributed by atoms with E-state index in [2.05, 4.69) is 11.1 Å². The zero-order chi connectivity index (χ0) is 18.4. The maximum atomic E-state index is 9.54. The summed E-state index contributed by atoms with van der Waals surface area (Å²) in [5, 5.41) is 12.2. The van der Waals surface area contributed by atoms with E-state index < -0.39 is 0 Å². The van der Waals surface area contributed by atoms with Crippen LogP contribution in [0.1, 0.15) is 17.5 Å². The van der Waals surface area contributed by atoms with Crippen LogP contribution >= 0.6 is 11.3 Å². The fourth-order valence-electron chi connectivity index (χ4n) is 2.46. The number of allylic oxidation sites excluding steroid dienone is 1. The summed E-state index contributed by atoms with van der Waals surface area (Å²) in [6.07, 6.45) is 1.82. The van der Waals surface area contributed by atoms with Crippen LogP contribution in [0.25, 0.3) is 22.9 Å². The number of nitriles is 1. The van der Waals surface area contributed by atoms with Gasteiger partial charge in [0.1, 0.15) is 22.6 Å². The molecule has 0 N–H and O–H groups in total. The third-order valence-electron chi connectivity index (χ3n) is 3.72. The first-order valence-electron chi connectivity index (χ1n) is 8.18. The van der Waals surface area contributed by atoms with Crippen molar-refractivity contribution in [3.63, 3.8) is 0 Å². The number of thiazole rings is 1. The summed E-state index contributed by atoms with van der Waals surface area (Å²) >= 11 is 1.46. The first-order valence-corrected chi connectivity index (χ1v) is 9.06. The van der Waals surface area contributed by atoms with Crippen LogP contribution in [0.4, 0.5) is 0 Å². The van der Waals surface area contributed by atoms with Crippen molar-refractivity contribution in [2.24, 2.45) is 0 Å². The molecule has 0 unspecified atom stereocenters. The van der Waals surface area contributed by atoms with Crippen LogP contribution in [-0.2, 0) is 0 Å². The lowest BCUT2D eigenvalue weighted by Gasteiger charge is -2.03. The molecule has 1 heterocycles. The van der Waals surface area contributed by atoms with Crippen LogP contribution in [0.15, 0.2) is 53.9 Å². The zero-order valence-corrected chi connectivity index (χ0v) is 15.4. The fourth-order valence-corrected chi connectivity index (χ4v) is 3.25. The average molecular weight is 362 g/mol. The third-order valence-corrected chi connectivity index (χ3v) is 4.60. The van der Waals surface area contributed by atoms with Crippen LogP contribution in [0.5, 0.6) is 11.5 Å². The Balaban J connectivity index is 1.87. The smallest absolute Gasteiger partial charge is 0.134 e. The van der Waals surface area contributed by atoms with Gasteiger partial charge in [-0.05, 0) is 55.0 Å². The molecule has 5 heteroatoms. The summed E-state index contributed by atoms with van der Waals surface area (Å²) in [6, 6.07) is 17.6. The van der Waals surface area contributed by atoms with Crippen molar-refractivity contribution in [1.82, 2.24) is 4.98 Å². The van der Waals surface area contributed by atoms with Gasteiger partial charge < -0.3 is 9.47 Å². The predicted molar refractivity (Wildman–Crippen MR) is 105 cm³/mol. The number of hydrogen-bond acceptors (Lipinski definition) is 5. The van der Waals surface area contributed by atoms with Gasteiger partial charge in [-0.3, -0.25) is 0 Å². The lowest BCUT2D eigenvalue weighted by Crippen LogP contribution is -1.90. The van der Waals surface area contributed by atoms with Gasteiger partial charge in [0.05, 0.1) is 25.0 Å². The molecule has 1 aromatic heterocycles. The predicted octanol–water partition coefficient (Wildman–Crippen LogP) is 5.28. The van der Waals surface area contributed by atoms with Gasteiger partial charge in [0.15, 0.2) is 0 Å². The van der Waals surface area contributed by atoms with E-state index in [9.17, 15) is 5.26 Å². The van der Waals surface area contributed by atoms with Crippen molar-refractivity contribution < 1.29 is 9.47 Å². The molecule has 3 rings (SSSR count). The van der Waals surface area contributed by atoms with Crippen LogP contribution < -0.4 is 9.47 Å². The minimum absolute atomic E-state index is 0.528. The Morgan fingerprint density at radius 1 is 1.19 bits per heavy atom. The molecule has 0 aliphatic heterocycles. The second-order valence-electron chi connectivity index (χ2n) is 5.44. The van der Waals surface area contributed by atoms with Crippen molar-refractivity contribution in [2.75, 3.05) is 13.7 Å². The van der Waals surface area contributed by atoms with E-state index >= 15 is 0 Å². The molecule has 0 spiro atoms. The number of ether oxygens (including phenoxy) is 2. The number of rotatable bonds is 6. The molecule has 4 nitrogen and oxygen atoms in total. The van der Waals surface area contributed by atoms with Crippen molar-refractivity contribution >= 4 is 23.0 Å². The normalized spacial score (nSPS) is 11.0. The number of nitrogens with zero attached hydrogens (tertiary/aromatic N) is 2. The van der Waals surface area contributed by atoms with Crippen LogP contribution in [0.3, 0.4) is 0 Å². The highest BCUT2D eigenvalue weighted by atomic mass is 32.1. The Hall–Kier alpha value is -3.10. The van der Waals surface area contributed by atoms with E-state index in [0.29, 0.717) is 17.2 Å². The SMILES string of the molecule is CCOc1ccc(-c2csc(/C(C#N)=C\c3cccc(OC)c3)n2)cc1. The maximum Gasteiger partial charge on any atom is 0.134 e. The molecule has 2 aromatic carbocycles. The van der Waals surface area contributed by atoms with E-state index in [0.717, 1.165) is 28.3 Å². The number of benzene rings is 2. The van der Waals surface area contributed by atoms with E-state index in [1.54, 1.807) is 7.11 Å². The molecule has 0 radical (unpaired) electrons. The van der Waals surface area contributed by atoms with Crippen molar-refractivity contribution in [3.8, 4) is 28.8 Å². The van der Waals surface area contributed by atoms with E-state index in [4.69, 9.17) is 9.47 Å². The lowest BCUT2D eigenvalue weighted by atomic mass is 10.1. The quantitative estimate of drug-likeness (QED) is 0.560. The highest BCUT2D eigenvalue weighted by Crippen LogP contribution is 2.28. The fraction of sp³-hybridized carbons (Fsp3) is 0.143. The van der Waals surface area contributed by atoms with Gasteiger partial charge in [0, 0.05) is 10.9 Å². The Morgan fingerprint density at radius 2 is 2.00 bits per heavy atom. The summed E-state index contributed by atoms with van der Waals surface area (Å²) in [4.78, 5) is 4.62. The largest absolute Gasteiger partial charge is 0.497 e. The topological polar surface area (TPSA) is 55.1 Å². The van der Waals surface area contributed by atoms with Crippen LogP contribution in [0.2, 0.25) is 0 Å². The first-order chi connectivity index (χ1) is 12.7. The molecule has 0 saturated carbocycles. The molecule has 26 heavy (non-hydrogen) atoms. The Labute approximate surface area is 157 Å². The Kier molecular flexibility index (Phi) is 5.67. The Morgan fingerprint density at radius 3 is 2.69 bits per heavy atom. The Bertz CT molecular complexity index is 953. The summed E-state index contributed by atoms with van der Waals surface area (Å²) in [6.45, 7) is 2.60. The van der Waals surface area contributed by atoms with Crippen LogP contribution in [0, 0.1) is 11.3 Å². The minimum Gasteiger partial charge on any atom is -0.497 e. The van der Waals surface area contributed by atoms with E-state index in [-0.39, 0.29) is 0 Å². The van der Waals surface area contributed by atoms with Gasteiger partial charge in [0.2, 0.25) is 0 Å². The molecule has 0 atom stereocenters. The molecule has 3 aromatic rings.